The molecule has 3 nitrogen and oxygen atoms in total. The molecule has 0 aliphatic heterocycles. The van der Waals surface area contributed by atoms with Crippen molar-refractivity contribution in [1.82, 2.24) is 9.88 Å². The van der Waals surface area contributed by atoms with Gasteiger partial charge in [-0.25, -0.2) is 0 Å². The van der Waals surface area contributed by atoms with E-state index in [1.54, 1.807) is 25.2 Å². The van der Waals surface area contributed by atoms with E-state index >= 15 is 0 Å². The van der Waals surface area contributed by atoms with Crippen LogP contribution in [0.25, 0.3) is 11.3 Å². The SMILES string of the molecule is CN(C)C(=O)c1ccc(-c2ccccn2)cc1. The Balaban J connectivity index is 2.28. The smallest absolute Gasteiger partial charge is 0.253 e. The van der Waals surface area contributed by atoms with Crippen LogP contribution in [0.5, 0.6) is 0 Å². The highest BCUT2D eigenvalue weighted by atomic mass is 16.2. The summed E-state index contributed by atoms with van der Waals surface area (Å²) in [6, 6.07) is 13.3. The molecule has 0 aliphatic rings. The third-order valence-corrected chi connectivity index (χ3v) is 2.50. The third-order valence-electron chi connectivity index (χ3n) is 2.50. The Bertz CT molecular complexity index is 504. The van der Waals surface area contributed by atoms with Gasteiger partial charge in [-0.05, 0) is 24.3 Å². The van der Waals surface area contributed by atoms with Crippen LogP contribution in [0.3, 0.4) is 0 Å². The maximum absolute atomic E-state index is 11.7. The van der Waals surface area contributed by atoms with Crippen LogP contribution in [0.2, 0.25) is 0 Å². The van der Waals surface area contributed by atoms with Crippen molar-refractivity contribution in [2.75, 3.05) is 14.1 Å². The predicted molar refractivity (Wildman–Crippen MR) is 67.7 cm³/mol. The molecule has 0 unspecified atom stereocenters. The number of benzene rings is 1. The summed E-state index contributed by atoms with van der Waals surface area (Å²) in [7, 11) is 3.49. The molecule has 1 amide bonds. The molecular weight excluding hydrogens is 212 g/mol. The molecule has 0 saturated heterocycles. The van der Waals surface area contributed by atoms with E-state index in [0.717, 1.165) is 11.3 Å². The van der Waals surface area contributed by atoms with Crippen LogP contribution in [0.15, 0.2) is 48.7 Å². The van der Waals surface area contributed by atoms with Crippen LogP contribution < -0.4 is 0 Å². The van der Waals surface area contributed by atoms with Crippen molar-refractivity contribution in [2.24, 2.45) is 0 Å². The Labute approximate surface area is 101 Å². The van der Waals surface area contributed by atoms with E-state index < -0.39 is 0 Å². The molecule has 3 heteroatoms. The molecule has 2 aromatic rings. The molecule has 0 N–H and O–H groups in total. The summed E-state index contributed by atoms with van der Waals surface area (Å²) in [6.07, 6.45) is 1.76. The molecule has 2 rings (SSSR count). The number of pyridine rings is 1. The van der Waals surface area contributed by atoms with Gasteiger partial charge in [-0.15, -0.1) is 0 Å². The number of carbonyl (C=O) groups is 1. The van der Waals surface area contributed by atoms with Crippen molar-refractivity contribution >= 4 is 5.91 Å². The second-order valence-electron chi connectivity index (χ2n) is 3.99. The molecule has 0 saturated carbocycles. The van der Waals surface area contributed by atoms with E-state index in [4.69, 9.17) is 0 Å². The van der Waals surface area contributed by atoms with Gasteiger partial charge in [-0.1, -0.05) is 18.2 Å². The van der Waals surface area contributed by atoms with Gasteiger partial charge >= 0.3 is 0 Å². The van der Waals surface area contributed by atoms with Crippen molar-refractivity contribution in [2.45, 2.75) is 0 Å². The summed E-state index contributed by atoms with van der Waals surface area (Å²) in [6.45, 7) is 0. The number of carbonyl (C=O) groups excluding carboxylic acids is 1. The van der Waals surface area contributed by atoms with Crippen molar-refractivity contribution in [3.8, 4) is 11.3 Å². The normalized spacial score (nSPS) is 10.0. The first-order chi connectivity index (χ1) is 8.18. The first-order valence-electron chi connectivity index (χ1n) is 5.41. The lowest BCUT2D eigenvalue weighted by Gasteiger charge is -2.10. The third kappa shape index (κ3) is 2.50. The van der Waals surface area contributed by atoms with Gasteiger partial charge in [0.15, 0.2) is 0 Å². The summed E-state index contributed by atoms with van der Waals surface area (Å²) in [4.78, 5) is 17.5. The topological polar surface area (TPSA) is 33.2 Å². The standard InChI is InChI=1S/C14H14N2O/c1-16(2)14(17)12-8-6-11(7-9-12)13-5-3-4-10-15-13/h3-10H,1-2H3. The fraction of sp³-hybridized carbons (Fsp3) is 0.143. The second-order valence-corrected chi connectivity index (χ2v) is 3.99. The molecule has 17 heavy (non-hydrogen) atoms. The highest BCUT2D eigenvalue weighted by Crippen LogP contribution is 2.17. The average molecular weight is 226 g/mol. The largest absolute Gasteiger partial charge is 0.345 e. The molecule has 1 heterocycles. The van der Waals surface area contributed by atoms with Gasteiger partial charge in [0.1, 0.15) is 0 Å². The average Bonchev–Trinajstić information content (AvgIpc) is 2.39. The number of rotatable bonds is 2. The highest BCUT2D eigenvalue weighted by molar-refractivity contribution is 5.94. The molecule has 1 aromatic heterocycles. The number of aromatic nitrogens is 1. The fourth-order valence-corrected chi connectivity index (χ4v) is 1.58. The van der Waals surface area contributed by atoms with Crippen LogP contribution in [0, 0.1) is 0 Å². The van der Waals surface area contributed by atoms with Gasteiger partial charge in [-0.3, -0.25) is 9.78 Å². The van der Waals surface area contributed by atoms with Crippen molar-refractivity contribution in [3.05, 3.63) is 54.2 Å². The molecule has 0 spiro atoms. The monoisotopic (exact) mass is 226 g/mol. The summed E-state index contributed by atoms with van der Waals surface area (Å²) in [5.74, 6) is 0.0116. The number of amides is 1. The fourth-order valence-electron chi connectivity index (χ4n) is 1.58. The minimum absolute atomic E-state index is 0.0116. The van der Waals surface area contributed by atoms with Crippen LogP contribution in [0.1, 0.15) is 10.4 Å². The number of nitrogens with zero attached hydrogens (tertiary/aromatic N) is 2. The van der Waals surface area contributed by atoms with Crippen molar-refractivity contribution in [3.63, 3.8) is 0 Å². The van der Waals surface area contributed by atoms with E-state index in [-0.39, 0.29) is 5.91 Å². The van der Waals surface area contributed by atoms with Gasteiger partial charge in [0.2, 0.25) is 0 Å². The minimum atomic E-state index is 0.0116. The van der Waals surface area contributed by atoms with E-state index in [2.05, 4.69) is 4.98 Å². The van der Waals surface area contributed by atoms with Crippen LogP contribution in [-0.4, -0.2) is 29.9 Å². The molecule has 0 bridgehead atoms. The van der Waals surface area contributed by atoms with Crippen molar-refractivity contribution < 1.29 is 4.79 Å². The van der Waals surface area contributed by atoms with E-state index in [1.807, 2.05) is 42.5 Å². The molecule has 0 fully saturated rings. The lowest BCUT2D eigenvalue weighted by atomic mass is 10.1. The Morgan fingerprint density at radius 1 is 1.06 bits per heavy atom. The summed E-state index contributed by atoms with van der Waals surface area (Å²) < 4.78 is 0. The Kier molecular flexibility index (Phi) is 3.19. The first kappa shape index (κ1) is 11.3. The minimum Gasteiger partial charge on any atom is -0.345 e. The number of hydrogen-bond acceptors (Lipinski definition) is 2. The van der Waals surface area contributed by atoms with Crippen LogP contribution in [-0.2, 0) is 0 Å². The quantitative estimate of drug-likeness (QED) is 0.788. The molecule has 1 aromatic carbocycles. The van der Waals surface area contributed by atoms with Gasteiger partial charge in [0.25, 0.3) is 5.91 Å². The maximum Gasteiger partial charge on any atom is 0.253 e. The lowest BCUT2D eigenvalue weighted by Crippen LogP contribution is -2.21. The molecule has 86 valence electrons. The molecule has 0 radical (unpaired) electrons. The van der Waals surface area contributed by atoms with Gasteiger partial charge in [0.05, 0.1) is 5.69 Å². The lowest BCUT2D eigenvalue weighted by molar-refractivity contribution is 0.0827. The van der Waals surface area contributed by atoms with Crippen molar-refractivity contribution in [1.29, 1.82) is 0 Å². The second kappa shape index (κ2) is 4.78. The van der Waals surface area contributed by atoms with E-state index in [1.165, 1.54) is 0 Å². The van der Waals surface area contributed by atoms with Gasteiger partial charge < -0.3 is 4.90 Å². The van der Waals surface area contributed by atoms with Crippen LogP contribution >= 0.6 is 0 Å². The molecule has 0 aliphatic carbocycles. The maximum atomic E-state index is 11.7. The zero-order chi connectivity index (χ0) is 12.3. The Morgan fingerprint density at radius 2 is 1.76 bits per heavy atom. The van der Waals surface area contributed by atoms with Crippen LogP contribution in [0.4, 0.5) is 0 Å². The summed E-state index contributed by atoms with van der Waals surface area (Å²) in [5.41, 5.74) is 2.62. The Hall–Kier alpha value is -2.16. The predicted octanol–water partition coefficient (Wildman–Crippen LogP) is 2.45. The molecular formula is C14H14N2O. The number of hydrogen-bond donors (Lipinski definition) is 0. The van der Waals surface area contributed by atoms with Gasteiger partial charge in [0, 0.05) is 31.4 Å². The zero-order valence-electron chi connectivity index (χ0n) is 9.92. The summed E-state index contributed by atoms with van der Waals surface area (Å²) >= 11 is 0. The first-order valence-corrected chi connectivity index (χ1v) is 5.41. The zero-order valence-corrected chi connectivity index (χ0v) is 9.92. The Morgan fingerprint density at radius 3 is 2.29 bits per heavy atom. The highest BCUT2D eigenvalue weighted by Gasteiger charge is 2.07. The van der Waals surface area contributed by atoms with E-state index in [9.17, 15) is 4.79 Å². The molecule has 0 atom stereocenters. The summed E-state index contributed by atoms with van der Waals surface area (Å²) in [5, 5.41) is 0. The van der Waals surface area contributed by atoms with E-state index in [0.29, 0.717) is 5.56 Å². The van der Waals surface area contributed by atoms with Gasteiger partial charge in [-0.2, -0.15) is 0 Å².